The van der Waals surface area contributed by atoms with Crippen LogP contribution in [0.15, 0.2) is 30.9 Å². The van der Waals surface area contributed by atoms with Crippen LogP contribution in [-0.2, 0) is 12.8 Å². The Labute approximate surface area is 160 Å². The number of benzene rings is 1. The van der Waals surface area contributed by atoms with Gasteiger partial charge in [-0.3, -0.25) is 9.69 Å². The molecule has 1 aliphatic rings. The van der Waals surface area contributed by atoms with Crippen molar-refractivity contribution in [3.8, 4) is 11.5 Å². The summed E-state index contributed by atoms with van der Waals surface area (Å²) in [6, 6.07) is 4.13. The van der Waals surface area contributed by atoms with Gasteiger partial charge in [0.15, 0.2) is 16.6 Å². The summed E-state index contributed by atoms with van der Waals surface area (Å²) in [4.78, 5) is 20.4. The molecule has 1 aromatic heterocycles. The molecule has 1 aliphatic carbocycles. The Morgan fingerprint density at radius 3 is 2.81 bits per heavy atom. The molecule has 0 spiro atoms. The third-order valence-corrected chi connectivity index (χ3v) is 5.43. The van der Waals surface area contributed by atoms with Crippen LogP contribution in [0.2, 0.25) is 0 Å². The molecule has 0 atom stereocenters. The van der Waals surface area contributed by atoms with Crippen molar-refractivity contribution in [1.29, 1.82) is 0 Å². The molecule has 0 aliphatic heterocycles. The van der Waals surface area contributed by atoms with E-state index in [1.165, 1.54) is 41.5 Å². The van der Waals surface area contributed by atoms with Gasteiger partial charge in [-0.15, -0.1) is 17.9 Å². The number of aryl methyl sites for hydroxylation is 2. The monoisotopic (exact) mass is 394 g/mol. The Hall–Kier alpha value is -2.48. The molecular weight excluding hydrogens is 374 g/mol. The molecule has 8 heteroatoms. The van der Waals surface area contributed by atoms with Crippen molar-refractivity contribution in [3.63, 3.8) is 0 Å². The predicted molar refractivity (Wildman–Crippen MR) is 100 cm³/mol. The van der Waals surface area contributed by atoms with E-state index in [-0.39, 0.29) is 17.4 Å². The zero-order valence-electron chi connectivity index (χ0n) is 14.9. The van der Waals surface area contributed by atoms with Gasteiger partial charge in [0.2, 0.25) is 0 Å². The van der Waals surface area contributed by atoms with Gasteiger partial charge in [0.25, 0.3) is 5.91 Å². The molecule has 0 fully saturated rings. The Balaban J connectivity index is 1.90. The van der Waals surface area contributed by atoms with Gasteiger partial charge in [-0.25, -0.2) is 4.98 Å². The van der Waals surface area contributed by atoms with Crippen molar-refractivity contribution in [2.45, 2.75) is 32.3 Å². The number of anilines is 1. The van der Waals surface area contributed by atoms with Crippen LogP contribution in [0.4, 0.5) is 13.9 Å². The minimum Gasteiger partial charge on any atom is -0.493 e. The highest BCUT2D eigenvalue weighted by Crippen LogP contribution is 2.34. The minimum absolute atomic E-state index is 0.0677. The molecule has 0 bridgehead atoms. The van der Waals surface area contributed by atoms with Crippen molar-refractivity contribution in [2.75, 3.05) is 18.6 Å². The summed E-state index contributed by atoms with van der Waals surface area (Å²) in [5.74, 6) is -0.356. The number of aromatic nitrogens is 1. The summed E-state index contributed by atoms with van der Waals surface area (Å²) >= 11 is 1.52. The van der Waals surface area contributed by atoms with Crippen LogP contribution < -0.4 is 14.4 Å². The average molecular weight is 394 g/mol. The first kappa shape index (κ1) is 19.3. The highest BCUT2D eigenvalue weighted by Gasteiger charge is 2.24. The zero-order valence-corrected chi connectivity index (χ0v) is 15.7. The van der Waals surface area contributed by atoms with Crippen LogP contribution in [0, 0.1) is 0 Å². The maximum absolute atomic E-state index is 13.1. The van der Waals surface area contributed by atoms with Crippen molar-refractivity contribution in [3.05, 3.63) is 47.0 Å². The van der Waals surface area contributed by atoms with E-state index in [0.29, 0.717) is 17.2 Å². The molecule has 5 nitrogen and oxygen atoms in total. The van der Waals surface area contributed by atoms with Gasteiger partial charge in [0.1, 0.15) is 0 Å². The van der Waals surface area contributed by atoms with Crippen molar-refractivity contribution < 1.29 is 23.0 Å². The van der Waals surface area contributed by atoms with Crippen LogP contribution in [0.25, 0.3) is 0 Å². The van der Waals surface area contributed by atoms with Crippen molar-refractivity contribution in [1.82, 2.24) is 4.98 Å². The maximum Gasteiger partial charge on any atom is 0.387 e. The topological polar surface area (TPSA) is 51.7 Å². The number of fused-ring (bicyclic) bond motifs is 1. The summed E-state index contributed by atoms with van der Waals surface area (Å²) in [5.41, 5.74) is 1.35. The number of halogens is 2. The second kappa shape index (κ2) is 8.47. The van der Waals surface area contributed by atoms with Gasteiger partial charge in [-0.05, 0) is 43.9 Å². The molecule has 0 radical (unpaired) electrons. The predicted octanol–water partition coefficient (Wildman–Crippen LogP) is 4.46. The number of thiazole rings is 1. The lowest BCUT2D eigenvalue weighted by atomic mass is 10.0. The molecule has 0 saturated carbocycles. The second-order valence-corrected chi connectivity index (χ2v) is 7.08. The first-order valence-corrected chi connectivity index (χ1v) is 9.39. The Kier molecular flexibility index (Phi) is 6.05. The number of amides is 1. The third kappa shape index (κ3) is 4.27. The van der Waals surface area contributed by atoms with Gasteiger partial charge in [-0.1, -0.05) is 6.08 Å². The molecule has 1 heterocycles. The van der Waals surface area contributed by atoms with Gasteiger partial charge in [0, 0.05) is 17.0 Å². The Morgan fingerprint density at radius 1 is 1.37 bits per heavy atom. The first-order valence-electron chi connectivity index (χ1n) is 8.57. The van der Waals surface area contributed by atoms with E-state index < -0.39 is 6.61 Å². The van der Waals surface area contributed by atoms with E-state index in [1.807, 2.05) is 0 Å². The van der Waals surface area contributed by atoms with E-state index in [2.05, 4.69) is 16.3 Å². The second-order valence-electron chi connectivity index (χ2n) is 6.02. The molecule has 1 aromatic carbocycles. The number of hydrogen-bond acceptors (Lipinski definition) is 5. The lowest BCUT2D eigenvalue weighted by molar-refractivity contribution is -0.0512. The standard InChI is InChI=1S/C19H20F2N2O3S/c1-3-10-23(19-22-13-6-4-5-7-16(13)27-19)17(24)12-8-9-14(26-18(20)21)15(11-12)25-2/h3,8-9,11,18H,1,4-7,10H2,2H3. The average Bonchev–Trinajstić information content (AvgIpc) is 3.09. The molecule has 27 heavy (non-hydrogen) atoms. The van der Waals surface area contributed by atoms with E-state index in [4.69, 9.17) is 4.74 Å². The number of hydrogen-bond donors (Lipinski definition) is 0. The summed E-state index contributed by atoms with van der Waals surface area (Å²) in [6.07, 6.45) is 5.77. The molecule has 0 unspecified atom stereocenters. The van der Waals surface area contributed by atoms with E-state index in [9.17, 15) is 13.6 Å². The summed E-state index contributed by atoms with van der Waals surface area (Å²) < 4.78 is 34.5. The van der Waals surface area contributed by atoms with Crippen molar-refractivity contribution in [2.24, 2.45) is 0 Å². The fraction of sp³-hybridized carbons (Fsp3) is 0.368. The lowest BCUT2D eigenvalue weighted by Gasteiger charge is -2.19. The third-order valence-electron chi connectivity index (χ3n) is 4.25. The normalized spacial score (nSPS) is 13.2. The molecule has 2 aromatic rings. The largest absolute Gasteiger partial charge is 0.493 e. The van der Waals surface area contributed by atoms with Crippen LogP contribution in [-0.4, -0.2) is 31.2 Å². The lowest BCUT2D eigenvalue weighted by Crippen LogP contribution is -2.31. The number of alkyl halides is 2. The minimum atomic E-state index is -2.97. The number of carbonyl (C=O) groups excluding carboxylic acids is 1. The molecule has 144 valence electrons. The number of carbonyl (C=O) groups is 1. The number of nitrogens with zero attached hydrogens (tertiary/aromatic N) is 2. The highest BCUT2D eigenvalue weighted by atomic mass is 32.1. The molecule has 1 amide bonds. The van der Waals surface area contributed by atoms with E-state index in [0.717, 1.165) is 31.4 Å². The molecule has 0 N–H and O–H groups in total. The summed E-state index contributed by atoms with van der Waals surface area (Å²) in [6.45, 7) is 1.04. The smallest absolute Gasteiger partial charge is 0.387 e. The maximum atomic E-state index is 13.1. The van der Waals surface area contributed by atoms with Gasteiger partial charge < -0.3 is 9.47 Å². The molecular formula is C19H20F2N2O3S. The fourth-order valence-corrected chi connectivity index (χ4v) is 4.14. The van der Waals surface area contributed by atoms with Gasteiger partial charge in [0.05, 0.1) is 12.8 Å². The molecule has 0 saturated heterocycles. The molecule has 3 rings (SSSR count). The quantitative estimate of drug-likeness (QED) is 0.651. The summed E-state index contributed by atoms with van der Waals surface area (Å²) in [5, 5.41) is 0.624. The number of ether oxygens (including phenoxy) is 2. The number of rotatable bonds is 7. The highest BCUT2D eigenvalue weighted by molar-refractivity contribution is 7.16. The first-order chi connectivity index (χ1) is 13.0. The van der Waals surface area contributed by atoms with Crippen LogP contribution in [0.3, 0.4) is 0 Å². The van der Waals surface area contributed by atoms with Crippen LogP contribution in [0.1, 0.15) is 33.8 Å². The number of methoxy groups -OCH3 is 1. The van der Waals surface area contributed by atoms with E-state index >= 15 is 0 Å². The van der Waals surface area contributed by atoms with Crippen molar-refractivity contribution >= 4 is 22.4 Å². The van der Waals surface area contributed by atoms with Gasteiger partial charge in [-0.2, -0.15) is 8.78 Å². The fourth-order valence-electron chi connectivity index (χ4n) is 2.98. The van der Waals surface area contributed by atoms with Crippen LogP contribution >= 0.6 is 11.3 Å². The Morgan fingerprint density at radius 2 is 2.15 bits per heavy atom. The zero-order chi connectivity index (χ0) is 19.4. The summed E-state index contributed by atoms with van der Waals surface area (Å²) in [7, 11) is 1.33. The van der Waals surface area contributed by atoms with Crippen LogP contribution in [0.5, 0.6) is 11.5 Å². The van der Waals surface area contributed by atoms with E-state index in [1.54, 1.807) is 11.0 Å². The van der Waals surface area contributed by atoms with Gasteiger partial charge >= 0.3 is 6.61 Å². The Bertz CT molecular complexity index is 815. The SMILES string of the molecule is C=CCN(C(=O)c1ccc(OC(F)F)c(OC)c1)c1nc2c(s1)CCCC2.